The lowest BCUT2D eigenvalue weighted by atomic mass is 9.96. The molecule has 0 radical (unpaired) electrons. The van der Waals surface area contributed by atoms with Crippen molar-refractivity contribution in [3.8, 4) is 0 Å². The highest BCUT2D eigenvalue weighted by Crippen LogP contribution is 2.25. The number of piperidine rings is 1. The quantitative estimate of drug-likeness (QED) is 0.606. The van der Waals surface area contributed by atoms with E-state index in [2.05, 4.69) is 9.97 Å². The lowest BCUT2D eigenvalue weighted by Crippen LogP contribution is -2.44. The van der Waals surface area contributed by atoms with Gasteiger partial charge < -0.3 is 14.1 Å². The Morgan fingerprint density at radius 1 is 1.24 bits per heavy atom. The van der Waals surface area contributed by atoms with Gasteiger partial charge in [0, 0.05) is 43.6 Å². The van der Waals surface area contributed by atoms with Crippen molar-refractivity contribution in [3.05, 3.63) is 59.7 Å². The maximum atomic E-state index is 13.3. The SMILES string of the molecule is COCCc1nc2ccc(C(=O)N3CCCC[C@@H]3CCc3ccccn3)cc2o1. The third-order valence-electron chi connectivity index (χ3n) is 5.55. The lowest BCUT2D eigenvalue weighted by Gasteiger charge is -2.36. The Balaban J connectivity index is 1.48. The fourth-order valence-electron chi connectivity index (χ4n) is 4.00. The van der Waals surface area contributed by atoms with Crippen LogP contribution in [0.4, 0.5) is 0 Å². The summed E-state index contributed by atoms with van der Waals surface area (Å²) >= 11 is 0. The van der Waals surface area contributed by atoms with E-state index in [-0.39, 0.29) is 11.9 Å². The van der Waals surface area contributed by atoms with Gasteiger partial charge in [0.05, 0.1) is 6.61 Å². The topological polar surface area (TPSA) is 68.5 Å². The number of pyridine rings is 1. The van der Waals surface area contributed by atoms with Gasteiger partial charge in [0.1, 0.15) is 5.52 Å². The Kier molecular flexibility index (Phi) is 6.20. The van der Waals surface area contributed by atoms with E-state index in [4.69, 9.17) is 9.15 Å². The second-order valence-corrected chi connectivity index (χ2v) is 7.54. The number of hydrogen-bond donors (Lipinski definition) is 0. The van der Waals surface area contributed by atoms with Gasteiger partial charge in [-0.05, 0) is 62.4 Å². The van der Waals surface area contributed by atoms with Crippen LogP contribution in [0.25, 0.3) is 11.1 Å². The van der Waals surface area contributed by atoms with Crippen molar-refractivity contribution in [2.45, 2.75) is 44.6 Å². The van der Waals surface area contributed by atoms with E-state index in [0.29, 0.717) is 30.1 Å². The number of fused-ring (bicyclic) bond motifs is 1. The zero-order valence-electron chi connectivity index (χ0n) is 16.8. The third-order valence-corrected chi connectivity index (χ3v) is 5.55. The van der Waals surface area contributed by atoms with Gasteiger partial charge >= 0.3 is 0 Å². The molecule has 2 aromatic heterocycles. The molecule has 1 aliphatic rings. The average Bonchev–Trinajstić information content (AvgIpc) is 3.19. The second kappa shape index (κ2) is 9.18. The van der Waals surface area contributed by atoms with Crippen LogP contribution < -0.4 is 0 Å². The summed E-state index contributed by atoms with van der Waals surface area (Å²) in [5.41, 5.74) is 3.18. The van der Waals surface area contributed by atoms with Gasteiger partial charge in [0.25, 0.3) is 5.91 Å². The molecule has 1 amide bonds. The van der Waals surface area contributed by atoms with Crippen molar-refractivity contribution in [1.29, 1.82) is 0 Å². The predicted octanol–water partition coefficient (Wildman–Crippen LogP) is 4.04. The van der Waals surface area contributed by atoms with Crippen molar-refractivity contribution >= 4 is 17.0 Å². The van der Waals surface area contributed by atoms with Crippen LogP contribution >= 0.6 is 0 Å². The number of carbonyl (C=O) groups excluding carboxylic acids is 1. The number of ether oxygens (including phenoxy) is 1. The van der Waals surface area contributed by atoms with Crippen LogP contribution in [0.15, 0.2) is 47.0 Å². The molecule has 0 unspecified atom stereocenters. The molecule has 152 valence electrons. The molecule has 1 aliphatic heterocycles. The normalized spacial score (nSPS) is 17.0. The summed E-state index contributed by atoms with van der Waals surface area (Å²) in [6.45, 7) is 1.36. The molecule has 29 heavy (non-hydrogen) atoms. The van der Waals surface area contributed by atoms with Crippen LogP contribution in [0, 0.1) is 0 Å². The van der Waals surface area contributed by atoms with Crippen LogP contribution in [0.1, 0.15) is 47.6 Å². The van der Waals surface area contributed by atoms with Crippen LogP contribution in [0.2, 0.25) is 0 Å². The largest absolute Gasteiger partial charge is 0.441 e. The number of aryl methyl sites for hydroxylation is 1. The number of aromatic nitrogens is 2. The fraction of sp³-hybridized carbons (Fsp3) is 0.435. The number of rotatable bonds is 7. The summed E-state index contributed by atoms with van der Waals surface area (Å²) in [4.78, 5) is 24.2. The van der Waals surface area contributed by atoms with Crippen LogP contribution in [0.3, 0.4) is 0 Å². The molecule has 3 aromatic rings. The van der Waals surface area contributed by atoms with Gasteiger partial charge in [-0.2, -0.15) is 0 Å². The molecule has 0 saturated carbocycles. The molecular weight excluding hydrogens is 366 g/mol. The fourth-order valence-corrected chi connectivity index (χ4v) is 4.00. The molecular formula is C23H27N3O3. The number of amides is 1. The molecule has 1 atom stereocenters. The maximum absolute atomic E-state index is 13.3. The van der Waals surface area contributed by atoms with Crippen LogP contribution in [0.5, 0.6) is 0 Å². The zero-order valence-corrected chi connectivity index (χ0v) is 16.8. The molecule has 3 heterocycles. The van der Waals surface area contributed by atoms with Crippen LogP contribution in [-0.4, -0.2) is 47.1 Å². The summed E-state index contributed by atoms with van der Waals surface area (Å²) in [7, 11) is 1.66. The number of nitrogens with zero attached hydrogens (tertiary/aromatic N) is 3. The predicted molar refractivity (Wildman–Crippen MR) is 111 cm³/mol. The monoisotopic (exact) mass is 393 g/mol. The third kappa shape index (κ3) is 4.65. The van der Waals surface area contributed by atoms with E-state index in [9.17, 15) is 4.79 Å². The summed E-state index contributed by atoms with van der Waals surface area (Å²) in [5.74, 6) is 0.713. The smallest absolute Gasteiger partial charge is 0.254 e. The first-order chi connectivity index (χ1) is 14.2. The average molecular weight is 393 g/mol. The number of benzene rings is 1. The van der Waals surface area contributed by atoms with Crippen molar-refractivity contribution < 1.29 is 13.9 Å². The number of carbonyl (C=O) groups is 1. The van der Waals surface area contributed by atoms with E-state index < -0.39 is 0 Å². The molecule has 0 N–H and O–H groups in total. The highest BCUT2D eigenvalue weighted by molar-refractivity contribution is 5.97. The minimum Gasteiger partial charge on any atom is -0.441 e. The minimum atomic E-state index is 0.0764. The molecule has 1 aromatic carbocycles. The lowest BCUT2D eigenvalue weighted by molar-refractivity contribution is 0.0601. The molecule has 0 bridgehead atoms. The van der Waals surface area contributed by atoms with Crippen molar-refractivity contribution in [1.82, 2.24) is 14.9 Å². The Bertz CT molecular complexity index is 954. The Labute approximate surface area is 170 Å². The first-order valence-corrected chi connectivity index (χ1v) is 10.3. The molecule has 4 rings (SSSR count). The van der Waals surface area contributed by atoms with Gasteiger partial charge in [-0.1, -0.05) is 6.07 Å². The number of likely N-dealkylation sites (tertiary alicyclic amines) is 1. The highest BCUT2D eigenvalue weighted by Gasteiger charge is 2.27. The van der Waals surface area contributed by atoms with Gasteiger partial charge in [-0.15, -0.1) is 0 Å². The minimum absolute atomic E-state index is 0.0764. The Morgan fingerprint density at radius 2 is 2.17 bits per heavy atom. The molecule has 1 saturated heterocycles. The Morgan fingerprint density at radius 3 is 3.00 bits per heavy atom. The summed E-state index contributed by atoms with van der Waals surface area (Å²) in [6.07, 6.45) is 7.54. The first-order valence-electron chi connectivity index (χ1n) is 10.3. The summed E-state index contributed by atoms with van der Waals surface area (Å²) in [5, 5.41) is 0. The van der Waals surface area contributed by atoms with E-state index in [1.165, 1.54) is 6.42 Å². The van der Waals surface area contributed by atoms with E-state index in [0.717, 1.165) is 43.4 Å². The zero-order chi connectivity index (χ0) is 20.1. The second-order valence-electron chi connectivity index (χ2n) is 7.54. The first kappa shape index (κ1) is 19.6. The number of methoxy groups -OCH3 is 1. The standard InChI is InChI=1S/C23H27N3O3/c1-28-15-12-22-25-20-11-8-17(16-21(20)29-22)23(27)26-14-5-3-7-19(26)10-9-18-6-2-4-13-24-18/h2,4,6,8,11,13,16,19H,3,5,7,9-10,12,14-15H2,1H3/t19-/m1/s1. The van der Waals surface area contributed by atoms with E-state index >= 15 is 0 Å². The van der Waals surface area contributed by atoms with Crippen molar-refractivity contribution in [2.24, 2.45) is 0 Å². The Hall–Kier alpha value is -2.73. The van der Waals surface area contributed by atoms with Crippen molar-refractivity contribution in [2.75, 3.05) is 20.3 Å². The number of oxazole rings is 1. The summed E-state index contributed by atoms with van der Waals surface area (Å²) in [6, 6.07) is 11.8. The van der Waals surface area contributed by atoms with Crippen LogP contribution in [-0.2, 0) is 17.6 Å². The van der Waals surface area contributed by atoms with E-state index in [1.54, 1.807) is 7.11 Å². The maximum Gasteiger partial charge on any atom is 0.254 e. The molecule has 0 spiro atoms. The number of hydrogen-bond acceptors (Lipinski definition) is 5. The molecule has 6 nitrogen and oxygen atoms in total. The van der Waals surface area contributed by atoms with Gasteiger partial charge in [0.2, 0.25) is 0 Å². The molecule has 6 heteroatoms. The van der Waals surface area contributed by atoms with Gasteiger partial charge in [-0.25, -0.2) is 4.98 Å². The van der Waals surface area contributed by atoms with Gasteiger partial charge in [0.15, 0.2) is 11.5 Å². The molecule has 1 fully saturated rings. The van der Waals surface area contributed by atoms with Crippen molar-refractivity contribution in [3.63, 3.8) is 0 Å². The summed E-state index contributed by atoms with van der Waals surface area (Å²) < 4.78 is 10.9. The van der Waals surface area contributed by atoms with E-state index in [1.807, 2.05) is 47.5 Å². The highest BCUT2D eigenvalue weighted by atomic mass is 16.5. The molecule has 0 aliphatic carbocycles. The van der Waals surface area contributed by atoms with Gasteiger partial charge in [-0.3, -0.25) is 9.78 Å².